The maximum Gasteiger partial charge on any atom is 0.238 e. The van der Waals surface area contributed by atoms with Crippen molar-refractivity contribution in [2.24, 2.45) is 16.8 Å². The lowest BCUT2D eigenvalue weighted by atomic mass is 9.98. The van der Waals surface area contributed by atoms with E-state index in [9.17, 15) is 13.2 Å². The predicted octanol–water partition coefficient (Wildman–Crippen LogP) is 1.35. The Morgan fingerprint density at radius 3 is 2.43 bits per heavy atom. The summed E-state index contributed by atoms with van der Waals surface area (Å²) in [5.41, 5.74) is 5.94. The summed E-state index contributed by atoms with van der Waals surface area (Å²) in [6.07, 6.45) is 0.815. The Morgan fingerprint density at radius 2 is 1.95 bits per heavy atom. The van der Waals surface area contributed by atoms with E-state index >= 15 is 0 Å². The van der Waals surface area contributed by atoms with E-state index in [0.717, 1.165) is 12.0 Å². The van der Waals surface area contributed by atoms with Gasteiger partial charge in [0.25, 0.3) is 0 Å². The summed E-state index contributed by atoms with van der Waals surface area (Å²) in [6.45, 7) is 5.77. The summed E-state index contributed by atoms with van der Waals surface area (Å²) in [6, 6.07) is 4.48. The van der Waals surface area contributed by atoms with Crippen LogP contribution in [0.1, 0.15) is 38.7 Å². The van der Waals surface area contributed by atoms with E-state index in [4.69, 9.17) is 15.6 Å². The summed E-state index contributed by atoms with van der Waals surface area (Å²) in [7, 11) is -3.76. The van der Waals surface area contributed by atoms with Gasteiger partial charge in [0.2, 0.25) is 15.9 Å². The Bertz CT molecular complexity index is 613. The van der Waals surface area contributed by atoms with E-state index in [2.05, 4.69) is 0 Å². The molecule has 0 spiro atoms. The van der Waals surface area contributed by atoms with E-state index in [1.54, 1.807) is 13.0 Å². The molecule has 2 atom stereocenters. The van der Waals surface area contributed by atoms with Gasteiger partial charge in [-0.15, -0.1) is 0 Å². The number of hydrogen-bond donors (Lipinski definition) is 2. The summed E-state index contributed by atoms with van der Waals surface area (Å²) in [5.74, 6) is -0.218. The van der Waals surface area contributed by atoms with Gasteiger partial charge >= 0.3 is 0 Å². The highest BCUT2D eigenvalue weighted by Gasteiger charge is 2.17. The highest BCUT2D eigenvalue weighted by atomic mass is 32.2. The van der Waals surface area contributed by atoms with Crippen LogP contribution in [0.2, 0.25) is 0 Å². The van der Waals surface area contributed by atoms with E-state index in [1.807, 2.05) is 13.8 Å². The van der Waals surface area contributed by atoms with Crippen LogP contribution in [0.25, 0.3) is 0 Å². The maximum atomic E-state index is 11.4. The van der Waals surface area contributed by atoms with E-state index in [1.165, 1.54) is 12.1 Å². The highest BCUT2D eigenvalue weighted by Crippen LogP contribution is 2.31. The molecule has 0 saturated carbocycles. The number of sulfonamides is 1. The largest absolute Gasteiger partial charge is 0.492 e. The highest BCUT2D eigenvalue weighted by molar-refractivity contribution is 7.89. The lowest BCUT2D eigenvalue weighted by Gasteiger charge is -2.18. The van der Waals surface area contributed by atoms with Crippen molar-refractivity contribution < 1.29 is 17.9 Å². The Morgan fingerprint density at radius 1 is 1.33 bits per heavy atom. The Hall–Kier alpha value is -1.60. The van der Waals surface area contributed by atoms with Crippen molar-refractivity contribution in [1.82, 2.24) is 0 Å². The molecule has 4 N–H and O–H groups in total. The number of amides is 1. The third-order valence-electron chi connectivity index (χ3n) is 3.43. The molecule has 1 rings (SSSR count). The van der Waals surface area contributed by atoms with Crippen LogP contribution in [0.4, 0.5) is 0 Å². The number of primary sulfonamides is 1. The zero-order valence-electron chi connectivity index (χ0n) is 12.5. The molecule has 0 aromatic heterocycles. The normalized spacial score (nSPS) is 14.5. The molecule has 118 valence electrons. The number of hydrogen-bond acceptors (Lipinski definition) is 4. The first-order chi connectivity index (χ1) is 9.66. The topological polar surface area (TPSA) is 112 Å². The van der Waals surface area contributed by atoms with E-state index < -0.39 is 21.8 Å². The minimum Gasteiger partial charge on any atom is -0.492 e. The maximum absolute atomic E-state index is 11.4. The van der Waals surface area contributed by atoms with Crippen LogP contribution in [0.15, 0.2) is 23.1 Å². The van der Waals surface area contributed by atoms with Crippen LogP contribution < -0.4 is 15.6 Å². The molecule has 1 amide bonds. The fourth-order valence-electron chi connectivity index (χ4n) is 1.74. The van der Waals surface area contributed by atoms with Crippen molar-refractivity contribution >= 4 is 15.9 Å². The van der Waals surface area contributed by atoms with E-state index in [0.29, 0.717) is 5.75 Å². The van der Waals surface area contributed by atoms with Crippen molar-refractivity contribution in [1.29, 1.82) is 0 Å². The van der Waals surface area contributed by atoms with Crippen molar-refractivity contribution in [3.63, 3.8) is 0 Å². The molecule has 0 saturated heterocycles. The fraction of sp³-hybridized carbons (Fsp3) is 0.500. The molecular formula is C14H22N2O4S. The number of carbonyl (C=O) groups excluding carboxylic acids is 1. The summed E-state index contributed by atoms with van der Waals surface area (Å²) in [5, 5.41) is 5.15. The van der Waals surface area contributed by atoms with Crippen LogP contribution >= 0.6 is 0 Å². The second-order valence-corrected chi connectivity index (χ2v) is 6.73. The molecule has 0 aliphatic rings. The monoisotopic (exact) mass is 314 g/mol. The molecule has 0 aliphatic carbocycles. The molecule has 6 nitrogen and oxygen atoms in total. The lowest BCUT2D eigenvalue weighted by molar-refractivity contribution is -0.122. The standard InChI is InChI=1S/C14H22N2O4S/c1-4-9(2)12-7-11(21(16,18)19)5-6-13(12)20-8-10(3)14(15)17/h5-7,9-10H,4,8H2,1-3H3,(H2,15,17)(H2,16,18,19). The lowest BCUT2D eigenvalue weighted by Crippen LogP contribution is -2.26. The Kier molecular flexibility index (Phi) is 5.74. The molecule has 1 aromatic carbocycles. The minimum atomic E-state index is -3.76. The molecule has 0 aliphatic heterocycles. The third kappa shape index (κ3) is 4.71. The summed E-state index contributed by atoms with van der Waals surface area (Å²) >= 11 is 0. The smallest absolute Gasteiger partial charge is 0.238 e. The molecule has 21 heavy (non-hydrogen) atoms. The zero-order valence-corrected chi connectivity index (χ0v) is 13.3. The number of primary amides is 1. The summed E-state index contributed by atoms with van der Waals surface area (Å²) in [4.78, 5) is 11.1. The van der Waals surface area contributed by atoms with Gasteiger partial charge in [-0.1, -0.05) is 20.8 Å². The van der Waals surface area contributed by atoms with Crippen LogP contribution in [0.3, 0.4) is 0 Å². The number of nitrogens with two attached hydrogens (primary N) is 2. The van der Waals surface area contributed by atoms with Crippen molar-refractivity contribution in [3.8, 4) is 5.75 Å². The van der Waals surface area contributed by atoms with Crippen LogP contribution in [-0.2, 0) is 14.8 Å². The van der Waals surface area contributed by atoms with E-state index in [-0.39, 0.29) is 17.4 Å². The molecule has 0 heterocycles. The fourth-order valence-corrected chi connectivity index (χ4v) is 2.29. The average molecular weight is 314 g/mol. The second kappa shape index (κ2) is 6.91. The van der Waals surface area contributed by atoms with Crippen LogP contribution in [0, 0.1) is 5.92 Å². The van der Waals surface area contributed by atoms with Crippen LogP contribution in [-0.4, -0.2) is 20.9 Å². The molecular weight excluding hydrogens is 292 g/mol. The first-order valence-corrected chi connectivity index (χ1v) is 8.30. The van der Waals surface area contributed by atoms with Crippen molar-refractivity contribution in [2.45, 2.75) is 38.0 Å². The first-order valence-electron chi connectivity index (χ1n) is 6.75. The van der Waals surface area contributed by atoms with Crippen LogP contribution in [0.5, 0.6) is 5.75 Å². The van der Waals surface area contributed by atoms with Gasteiger partial charge in [-0.05, 0) is 36.1 Å². The van der Waals surface area contributed by atoms with Gasteiger partial charge in [-0.3, -0.25) is 4.79 Å². The number of carbonyl (C=O) groups is 1. The van der Waals surface area contributed by atoms with Gasteiger partial charge in [0, 0.05) is 0 Å². The molecule has 0 bridgehead atoms. The molecule has 7 heteroatoms. The van der Waals surface area contributed by atoms with Gasteiger partial charge < -0.3 is 10.5 Å². The minimum absolute atomic E-state index is 0.0492. The number of benzene rings is 1. The van der Waals surface area contributed by atoms with Crippen molar-refractivity contribution in [2.75, 3.05) is 6.61 Å². The average Bonchev–Trinajstić information content (AvgIpc) is 2.42. The molecule has 2 unspecified atom stereocenters. The van der Waals surface area contributed by atoms with Gasteiger partial charge in [-0.2, -0.15) is 0 Å². The first kappa shape index (κ1) is 17.5. The van der Waals surface area contributed by atoms with Gasteiger partial charge in [0.1, 0.15) is 5.75 Å². The quantitative estimate of drug-likeness (QED) is 0.790. The van der Waals surface area contributed by atoms with Gasteiger partial charge in [0.15, 0.2) is 0 Å². The third-order valence-corrected chi connectivity index (χ3v) is 4.34. The zero-order chi connectivity index (χ0) is 16.2. The second-order valence-electron chi connectivity index (χ2n) is 5.17. The number of ether oxygens (including phenoxy) is 1. The molecule has 0 radical (unpaired) electrons. The molecule has 1 aromatic rings. The Balaban J connectivity index is 3.11. The molecule has 0 fully saturated rings. The summed E-state index contributed by atoms with van der Waals surface area (Å²) < 4.78 is 28.5. The number of rotatable bonds is 7. The van der Waals surface area contributed by atoms with Crippen molar-refractivity contribution in [3.05, 3.63) is 23.8 Å². The van der Waals surface area contributed by atoms with Gasteiger partial charge in [-0.25, -0.2) is 13.6 Å². The Labute approximate surface area is 125 Å². The predicted molar refractivity (Wildman–Crippen MR) is 80.4 cm³/mol. The van der Waals surface area contributed by atoms with Gasteiger partial charge in [0.05, 0.1) is 17.4 Å². The SMILES string of the molecule is CCC(C)c1cc(S(N)(=O)=O)ccc1OCC(C)C(N)=O.